The molecule has 1 rings (SSSR count). The van der Waals surface area contributed by atoms with Crippen LogP contribution in [0, 0.1) is 0 Å². The molecule has 0 aliphatic heterocycles. The number of methoxy groups -OCH3 is 1. The molecule has 0 aromatic heterocycles. The van der Waals surface area contributed by atoms with E-state index < -0.39 is 0 Å². The molecule has 0 bridgehead atoms. The van der Waals surface area contributed by atoms with Gasteiger partial charge in [0.05, 0.1) is 159 Å². The second kappa shape index (κ2) is 43.2. The van der Waals surface area contributed by atoms with Crippen LogP contribution in [0.25, 0.3) is 0 Å². The molecular formula is C41H74O14. The lowest BCUT2D eigenvalue weighted by atomic mass is 10.0. The van der Waals surface area contributed by atoms with E-state index in [1.165, 1.54) is 57.6 Å². The molecule has 1 aromatic rings. The van der Waals surface area contributed by atoms with Gasteiger partial charge >= 0.3 is 5.97 Å². The molecule has 0 unspecified atom stereocenters. The van der Waals surface area contributed by atoms with E-state index in [4.69, 9.17) is 56.8 Å². The zero-order chi connectivity index (χ0) is 39.4. The summed E-state index contributed by atoms with van der Waals surface area (Å²) in [5.74, 6) is 0.598. The summed E-state index contributed by atoms with van der Waals surface area (Å²) in [6.45, 7) is 13.5. The van der Waals surface area contributed by atoms with Gasteiger partial charge in [0, 0.05) is 0 Å². The highest BCUT2D eigenvalue weighted by Gasteiger charge is 2.01. The monoisotopic (exact) mass is 791 g/mol. The molecule has 1 aromatic carbocycles. The van der Waals surface area contributed by atoms with Crippen molar-refractivity contribution in [3.8, 4) is 5.75 Å². The number of benzene rings is 1. The molecule has 0 fully saturated rings. The standard InChI is InChI=1S/C41H74O14/c1-3-4-5-6-7-8-9-10-39-11-13-40(14-12-39)55-38-37-54-36-35-53-34-33-52-32-31-51-30-29-50-28-27-49-26-25-48-24-23-47-22-21-46-20-19-45-18-17-44-16-15-41(42)43-2/h11-14H,3-10,15-38H2,1-2H3. The topological polar surface area (TPSA) is 137 Å². The van der Waals surface area contributed by atoms with Gasteiger partial charge in [0.1, 0.15) is 12.4 Å². The number of aryl methyl sites for hydroxylation is 1. The lowest BCUT2D eigenvalue weighted by Gasteiger charge is -2.09. The molecule has 322 valence electrons. The number of ether oxygens (including phenoxy) is 13. The molecule has 14 heteroatoms. The van der Waals surface area contributed by atoms with Crippen LogP contribution in [-0.2, 0) is 68.1 Å². The summed E-state index contributed by atoms with van der Waals surface area (Å²) < 4.78 is 70.5. The number of hydrogen-bond acceptors (Lipinski definition) is 14. The Morgan fingerprint density at radius 3 is 1.05 bits per heavy atom. The summed E-state index contributed by atoms with van der Waals surface area (Å²) in [6, 6.07) is 8.44. The molecule has 0 saturated carbocycles. The van der Waals surface area contributed by atoms with E-state index in [1.54, 1.807) is 0 Å². The lowest BCUT2D eigenvalue weighted by Crippen LogP contribution is -2.15. The van der Waals surface area contributed by atoms with Crippen molar-refractivity contribution in [3.05, 3.63) is 29.8 Å². The van der Waals surface area contributed by atoms with Crippen LogP contribution in [0.15, 0.2) is 24.3 Å². The van der Waals surface area contributed by atoms with Gasteiger partial charge in [-0.3, -0.25) is 4.79 Å². The number of rotatable bonds is 45. The first-order valence-corrected chi connectivity index (χ1v) is 20.4. The second-order valence-corrected chi connectivity index (χ2v) is 12.4. The molecule has 0 saturated heterocycles. The summed E-state index contributed by atoms with van der Waals surface area (Å²) >= 11 is 0. The van der Waals surface area contributed by atoms with E-state index in [2.05, 4.69) is 35.9 Å². The van der Waals surface area contributed by atoms with Gasteiger partial charge in [-0.1, -0.05) is 57.6 Å². The first-order valence-electron chi connectivity index (χ1n) is 20.4. The summed E-state index contributed by atoms with van der Waals surface area (Å²) in [7, 11) is 1.35. The van der Waals surface area contributed by atoms with E-state index in [-0.39, 0.29) is 12.4 Å². The van der Waals surface area contributed by atoms with Crippen molar-refractivity contribution in [2.75, 3.05) is 159 Å². The van der Waals surface area contributed by atoms with Crippen LogP contribution in [0.5, 0.6) is 5.75 Å². The van der Waals surface area contributed by atoms with Crippen LogP contribution < -0.4 is 4.74 Å². The van der Waals surface area contributed by atoms with E-state index >= 15 is 0 Å². The molecule has 0 aliphatic carbocycles. The Kier molecular flexibility index (Phi) is 40.1. The highest BCUT2D eigenvalue weighted by molar-refractivity contribution is 5.69. The number of carbonyl (C=O) groups is 1. The molecule has 0 atom stereocenters. The fourth-order valence-electron chi connectivity index (χ4n) is 4.82. The smallest absolute Gasteiger partial charge is 0.307 e. The van der Waals surface area contributed by atoms with Crippen molar-refractivity contribution < 1.29 is 66.4 Å². The van der Waals surface area contributed by atoms with Gasteiger partial charge in [0.15, 0.2) is 0 Å². The minimum absolute atomic E-state index is 0.244. The van der Waals surface area contributed by atoms with Gasteiger partial charge < -0.3 is 61.6 Å². The predicted octanol–water partition coefficient (Wildman–Crippen LogP) is 5.10. The first-order chi connectivity index (χ1) is 27.3. The molecule has 0 aliphatic rings. The molecular weight excluding hydrogens is 716 g/mol. The molecule has 0 amide bonds. The summed E-state index contributed by atoms with van der Waals surface area (Å²) in [6.07, 6.45) is 10.7. The first kappa shape index (κ1) is 51.1. The normalized spacial score (nSPS) is 11.4. The fourth-order valence-corrected chi connectivity index (χ4v) is 4.82. The second-order valence-electron chi connectivity index (χ2n) is 12.4. The Labute approximate surface area is 331 Å². The number of esters is 1. The van der Waals surface area contributed by atoms with Crippen LogP contribution in [0.2, 0.25) is 0 Å². The fraction of sp³-hybridized carbons (Fsp3) is 0.829. The maximum atomic E-state index is 10.9. The zero-order valence-electron chi connectivity index (χ0n) is 34.2. The third-order valence-corrected chi connectivity index (χ3v) is 7.89. The highest BCUT2D eigenvalue weighted by atomic mass is 16.6. The van der Waals surface area contributed by atoms with Gasteiger partial charge in [-0.25, -0.2) is 0 Å². The zero-order valence-corrected chi connectivity index (χ0v) is 34.2. The maximum Gasteiger partial charge on any atom is 0.307 e. The van der Waals surface area contributed by atoms with Crippen molar-refractivity contribution in [2.45, 2.75) is 64.7 Å². The molecule has 0 N–H and O–H groups in total. The summed E-state index contributed by atoms with van der Waals surface area (Å²) in [4.78, 5) is 10.9. The third kappa shape index (κ3) is 38.7. The SMILES string of the molecule is CCCCCCCCCc1ccc(OCCOCCOCCOCCOCCOCCOCCOCCOCCOCCOCCOCCC(=O)OC)cc1. The number of hydrogen-bond donors (Lipinski definition) is 0. The van der Waals surface area contributed by atoms with Crippen LogP contribution in [-0.4, -0.2) is 165 Å². The third-order valence-electron chi connectivity index (χ3n) is 7.89. The van der Waals surface area contributed by atoms with Gasteiger partial charge in [-0.05, 0) is 30.5 Å². The Morgan fingerprint density at radius 1 is 0.400 bits per heavy atom. The van der Waals surface area contributed by atoms with E-state index in [1.807, 2.05) is 0 Å². The van der Waals surface area contributed by atoms with Crippen molar-refractivity contribution in [1.82, 2.24) is 0 Å². The molecule has 14 nitrogen and oxygen atoms in total. The molecule has 0 radical (unpaired) electrons. The van der Waals surface area contributed by atoms with E-state index in [0.29, 0.717) is 152 Å². The molecule has 0 heterocycles. The van der Waals surface area contributed by atoms with E-state index in [9.17, 15) is 4.79 Å². The van der Waals surface area contributed by atoms with Crippen LogP contribution >= 0.6 is 0 Å². The van der Waals surface area contributed by atoms with Gasteiger partial charge in [-0.2, -0.15) is 0 Å². The van der Waals surface area contributed by atoms with Crippen LogP contribution in [0.3, 0.4) is 0 Å². The predicted molar refractivity (Wildman–Crippen MR) is 209 cm³/mol. The number of unbranched alkanes of at least 4 members (excludes halogenated alkanes) is 6. The van der Waals surface area contributed by atoms with Crippen LogP contribution in [0.4, 0.5) is 0 Å². The Morgan fingerprint density at radius 2 is 0.709 bits per heavy atom. The molecule has 55 heavy (non-hydrogen) atoms. The minimum Gasteiger partial charge on any atom is -0.491 e. The van der Waals surface area contributed by atoms with Crippen molar-refractivity contribution >= 4 is 5.97 Å². The number of carbonyl (C=O) groups excluding carboxylic acids is 1. The average Bonchev–Trinajstić information content (AvgIpc) is 3.20. The Bertz CT molecular complexity index is 908. The van der Waals surface area contributed by atoms with Crippen LogP contribution in [0.1, 0.15) is 63.9 Å². The van der Waals surface area contributed by atoms with Crippen molar-refractivity contribution in [3.63, 3.8) is 0 Å². The Hall–Kier alpha value is -1.95. The maximum absolute atomic E-state index is 10.9. The minimum atomic E-state index is -0.285. The quantitative estimate of drug-likeness (QED) is 0.0640. The van der Waals surface area contributed by atoms with Gasteiger partial charge in [-0.15, -0.1) is 0 Å². The van der Waals surface area contributed by atoms with Crippen molar-refractivity contribution in [2.24, 2.45) is 0 Å². The van der Waals surface area contributed by atoms with Gasteiger partial charge in [0.2, 0.25) is 0 Å². The summed E-state index contributed by atoms with van der Waals surface area (Å²) in [5.41, 5.74) is 1.38. The molecule has 0 spiro atoms. The highest BCUT2D eigenvalue weighted by Crippen LogP contribution is 2.15. The van der Waals surface area contributed by atoms with Gasteiger partial charge in [0.25, 0.3) is 0 Å². The Balaban J connectivity index is 1.68. The van der Waals surface area contributed by atoms with Crippen molar-refractivity contribution in [1.29, 1.82) is 0 Å². The largest absolute Gasteiger partial charge is 0.491 e. The summed E-state index contributed by atoms with van der Waals surface area (Å²) in [5, 5.41) is 0. The average molecular weight is 791 g/mol. The lowest BCUT2D eigenvalue weighted by molar-refractivity contribution is -0.141. The van der Waals surface area contributed by atoms with E-state index in [0.717, 1.165) is 12.2 Å².